The van der Waals surface area contributed by atoms with Crippen molar-refractivity contribution in [2.45, 2.75) is 78.7 Å². The molecule has 1 rings (SSSR count). The highest BCUT2D eigenvalue weighted by molar-refractivity contribution is 5.07. The first-order chi connectivity index (χ1) is 8.61. The van der Waals surface area contributed by atoms with Crippen LogP contribution in [0.15, 0.2) is 11.6 Å². The lowest BCUT2D eigenvalue weighted by Gasteiger charge is -2.25. The van der Waals surface area contributed by atoms with E-state index in [-0.39, 0.29) is 0 Å². The van der Waals surface area contributed by atoms with E-state index in [0.29, 0.717) is 6.04 Å². The third-order valence-corrected chi connectivity index (χ3v) is 3.95. The fourth-order valence-corrected chi connectivity index (χ4v) is 3.32. The molecule has 18 heavy (non-hydrogen) atoms. The summed E-state index contributed by atoms with van der Waals surface area (Å²) in [5.41, 5.74) is 1.71. The first-order valence-electron chi connectivity index (χ1n) is 8.03. The van der Waals surface area contributed by atoms with E-state index in [0.717, 1.165) is 18.4 Å². The Morgan fingerprint density at radius 1 is 1.17 bits per heavy atom. The summed E-state index contributed by atoms with van der Waals surface area (Å²) in [5.74, 6) is 1.68. The molecule has 0 heterocycles. The van der Waals surface area contributed by atoms with Gasteiger partial charge in [0.15, 0.2) is 0 Å². The standard InChI is InChI=1S/C17H33N/c1-5-18-17(12-15(4)11-14(2)3)13-16-9-7-6-8-10-16/h9,14-15,17-18H,5-8,10-13H2,1-4H3. The van der Waals surface area contributed by atoms with Crippen LogP contribution in [0.3, 0.4) is 0 Å². The second kappa shape index (κ2) is 8.74. The quantitative estimate of drug-likeness (QED) is 0.603. The molecular formula is C17H33N. The lowest BCUT2D eigenvalue weighted by molar-refractivity contribution is 0.350. The molecule has 0 spiro atoms. The number of rotatable bonds is 8. The summed E-state index contributed by atoms with van der Waals surface area (Å²) < 4.78 is 0. The molecule has 0 saturated carbocycles. The van der Waals surface area contributed by atoms with Crippen molar-refractivity contribution < 1.29 is 0 Å². The average Bonchev–Trinajstić information content (AvgIpc) is 2.29. The maximum atomic E-state index is 3.69. The summed E-state index contributed by atoms with van der Waals surface area (Å²) in [4.78, 5) is 0. The van der Waals surface area contributed by atoms with Crippen LogP contribution in [0.1, 0.15) is 72.6 Å². The third kappa shape index (κ3) is 6.58. The van der Waals surface area contributed by atoms with Crippen molar-refractivity contribution in [2.75, 3.05) is 6.54 Å². The van der Waals surface area contributed by atoms with Gasteiger partial charge >= 0.3 is 0 Å². The second-order valence-electron chi connectivity index (χ2n) is 6.54. The van der Waals surface area contributed by atoms with Crippen LogP contribution >= 0.6 is 0 Å². The Kier molecular flexibility index (Phi) is 7.65. The molecule has 1 aliphatic rings. The van der Waals surface area contributed by atoms with E-state index in [1.807, 2.05) is 0 Å². The molecule has 0 amide bonds. The zero-order chi connectivity index (χ0) is 13.4. The number of allylic oxidation sites excluding steroid dienone is 1. The summed E-state index contributed by atoms with van der Waals surface area (Å²) in [6.07, 6.45) is 12.0. The molecule has 0 fully saturated rings. The minimum atomic E-state index is 0.702. The minimum absolute atomic E-state index is 0.702. The van der Waals surface area contributed by atoms with Gasteiger partial charge in [-0.3, -0.25) is 0 Å². The van der Waals surface area contributed by atoms with Crippen LogP contribution in [-0.2, 0) is 0 Å². The zero-order valence-electron chi connectivity index (χ0n) is 13.0. The molecule has 106 valence electrons. The van der Waals surface area contributed by atoms with Gasteiger partial charge in [-0.15, -0.1) is 0 Å². The largest absolute Gasteiger partial charge is 0.314 e. The molecule has 0 aromatic rings. The molecule has 0 aromatic carbocycles. The van der Waals surface area contributed by atoms with Gasteiger partial charge in [-0.05, 0) is 63.3 Å². The van der Waals surface area contributed by atoms with Gasteiger partial charge < -0.3 is 5.32 Å². The molecule has 2 unspecified atom stereocenters. The summed E-state index contributed by atoms with van der Waals surface area (Å²) >= 11 is 0. The Morgan fingerprint density at radius 3 is 2.50 bits per heavy atom. The summed E-state index contributed by atoms with van der Waals surface area (Å²) in [7, 11) is 0. The Hall–Kier alpha value is -0.300. The van der Waals surface area contributed by atoms with Crippen LogP contribution in [0.4, 0.5) is 0 Å². The van der Waals surface area contributed by atoms with Gasteiger partial charge in [0, 0.05) is 6.04 Å². The highest BCUT2D eigenvalue weighted by Gasteiger charge is 2.16. The van der Waals surface area contributed by atoms with Crippen molar-refractivity contribution in [3.63, 3.8) is 0 Å². The Balaban J connectivity index is 2.40. The highest BCUT2D eigenvalue weighted by atomic mass is 14.9. The van der Waals surface area contributed by atoms with E-state index >= 15 is 0 Å². The third-order valence-electron chi connectivity index (χ3n) is 3.95. The average molecular weight is 251 g/mol. The summed E-state index contributed by atoms with van der Waals surface area (Å²) in [5, 5.41) is 3.69. The zero-order valence-corrected chi connectivity index (χ0v) is 13.0. The predicted molar refractivity (Wildman–Crippen MR) is 81.9 cm³/mol. The van der Waals surface area contributed by atoms with Crippen LogP contribution in [0.5, 0.6) is 0 Å². The summed E-state index contributed by atoms with van der Waals surface area (Å²) in [6.45, 7) is 10.4. The first kappa shape index (κ1) is 15.8. The van der Waals surface area contributed by atoms with E-state index in [4.69, 9.17) is 0 Å². The second-order valence-corrected chi connectivity index (χ2v) is 6.54. The van der Waals surface area contributed by atoms with Crippen molar-refractivity contribution in [1.82, 2.24) is 5.32 Å². The minimum Gasteiger partial charge on any atom is -0.314 e. The molecule has 0 saturated heterocycles. The highest BCUT2D eigenvalue weighted by Crippen LogP contribution is 2.25. The van der Waals surface area contributed by atoms with Gasteiger partial charge in [0.2, 0.25) is 0 Å². The molecule has 0 aliphatic heterocycles. The predicted octanol–water partition coefficient (Wildman–Crippen LogP) is 4.93. The van der Waals surface area contributed by atoms with Crippen LogP contribution in [0.25, 0.3) is 0 Å². The van der Waals surface area contributed by atoms with Gasteiger partial charge in [0.25, 0.3) is 0 Å². The van der Waals surface area contributed by atoms with Crippen LogP contribution in [0, 0.1) is 11.8 Å². The van der Waals surface area contributed by atoms with E-state index in [9.17, 15) is 0 Å². The van der Waals surface area contributed by atoms with E-state index < -0.39 is 0 Å². The van der Waals surface area contributed by atoms with Crippen LogP contribution in [-0.4, -0.2) is 12.6 Å². The maximum absolute atomic E-state index is 3.69. The molecule has 1 N–H and O–H groups in total. The molecular weight excluding hydrogens is 218 g/mol. The Labute approximate surface area is 114 Å². The van der Waals surface area contributed by atoms with Crippen molar-refractivity contribution in [1.29, 1.82) is 0 Å². The molecule has 0 bridgehead atoms. The normalized spacial score (nSPS) is 19.7. The van der Waals surface area contributed by atoms with Gasteiger partial charge in [-0.2, -0.15) is 0 Å². The van der Waals surface area contributed by atoms with Crippen LogP contribution < -0.4 is 5.32 Å². The fourth-order valence-electron chi connectivity index (χ4n) is 3.32. The van der Waals surface area contributed by atoms with Gasteiger partial charge in [0.1, 0.15) is 0 Å². The molecule has 1 nitrogen and oxygen atoms in total. The number of hydrogen-bond donors (Lipinski definition) is 1. The topological polar surface area (TPSA) is 12.0 Å². The van der Waals surface area contributed by atoms with Crippen molar-refractivity contribution in [2.24, 2.45) is 11.8 Å². The van der Waals surface area contributed by atoms with Crippen LogP contribution in [0.2, 0.25) is 0 Å². The number of hydrogen-bond acceptors (Lipinski definition) is 1. The lowest BCUT2D eigenvalue weighted by Crippen LogP contribution is -2.31. The first-order valence-corrected chi connectivity index (χ1v) is 8.03. The molecule has 0 radical (unpaired) electrons. The van der Waals surface area contributed by atoms with Crippen molar-refractivity contribution >= 4 is 0 Å². The molecule has 1 heteroatoms. The van der Waals surface area contributed by atoms with Gasteiger partial charge in [-0.25, -0.2) is 0 Å². The van der Waals surface area contributed by atoms with Crippen molar-refractivity contribution in [3.8, 4) is 0 Å². The Bertz CT molecular complexity index is 242. The maximum Gasteiger partial charge on any atom is 0.0107 e. The SMILES string of the molecule is CCNC(CC1=CCCCC1)CC(C)CC(C)C. The number of nitrogens with one attached hydrogen (secondary N) is 1. The van der Waals surface area contributed by atoms with Crippen molar-refractivity contribution in [3.05, 3.63) is 11.6 Å². The summed E-state index contributed by atoms with van der Waals surface area (Å²) in [6, 6.07) is 0.702. The van der Waals surface area contributed by atoms with Gasteiger partial charge in [-0.1, -0.05) is 39.3 Å². The fraction of sp³-hybridized carbons (Fsp3) is 0.882. The van der Waals surface area contributed by atoms with E-state index in [1.165, 1.54) is 44.9 Å². The lowest BCUT2D eigenvalue weighted by atomic mass is 9.88. The van der Waals surface area contributed by atoms with E-state index in [1.54, 1.807) is 5.57 Å². The van der Waals surface area contributed by atoms with E-state index in [2.05, 4.69) is 39.1 Å². The molecule has 2 atom stereocenters. The smallest absolute Gasteiger partial charge is 0.0107 e. The monoisotopic (exact) mass is 251 g/mol. The molecule has 1 aliphatic carbocycles. The molecule has 0 aromatic heterocycles. The Morgan fingerprint density at radius 2 is 1.94 bits per heavy atom. The van der Waals surface area contributed by atoms with Gasteiger partial charge in [0.05, 0.1) is 0 Å².